The maximum atomic E-state index is 6.03. The maximum Gasteiger partial charge on any atom is 0.191 e. The summed E-state index contributed by atoms with van der Waals surface area (Å²) in [6.07, 6.45) is 2.30. The number of hydrogen-bond acceptors (Lipinski definition) is 4. The van der Waals surface area contributed by atoms with E-state index in [-0.39, 0.29) is 30.1 Å². The van der Waals surface area contributed by atoms with Crippen LogP contribution in [0.5, 0.6) is 5.75 Å². The molecule has 7 heteroatoms. The molecule has 0 bridgehead atoms. The van der Waals surface area contributed by atoms with Crippen LogP contribution in [0.4, 0.5) is 5.00 Å². The third-order valence-corrected chi connectivity index (χ3v) is 5.78. The average molecular weight is 514 g/mol. The molecule has 2 heterocycles. The second-order valence-corrected chi connectivity index (χ2v) is 7.93. The number of halogens is 1. The summed E-state index contributed by atoms with van der Waals surface area (Å²) in [6, 6.07) is 12.9. The van der Waals surface area contributed by atoms with Gasteiger partial charge in [0, 0.05) is 26.2 Å². The lowest BCUT2D eigenvalue weighted by Crippen LogP contribution is -2.50. The first-order chi connectivity index (χ1) is 13.2. The fourth-order valence-corrected chi connectivity index (χ4v) is 4.05. The Hall–Kier alpha value is -1.48. The monoisotopic (exact) mass is 514 g/mol. The lowest BCUT2D eigenvalue weighted by atomic mass is 10.1. The van der Waals surface area contributed by atoms with Gasteiger partial charge in [-0.25, -0.2) is 0 Å². The van der Waals surface area contributed by atoms with E-state index >= 15 is 0 Å². The minimum absolute atomic E-state index is 0. The molecule has 1 aliphatic heterocycles. The molecular weight excluding hydrogens is 483 g/mol. The van der Waals surface area contributed by atoms with Crippen LogP contribution in [0.1, 0.15) is 25.3 Å². The Bertz CT molecular complexity index is 730. The van der Waals surface area contributed by atoms with E-state index in [1.165, 1.54) is 5.00 Å². The highest BCUT2D eigenvalue weighted by molar-refractivity contribution is 14.0. The fourth-order valence-electron chi connectivity index (χ4n) is 3.27. The molecule has 154 valence electrons. The molecule has 1 atom stereocenters. The van der Waals surface area contributed by atoms with Gasteiger partial charge < -0.3 is 20.3 Å². The SMILES string of the molecule is CN=C(NCC(C)Oc1ccccc1C)NC1CCN(c2cccs2)CC1.I. The van der Waals surface area contributed by atoms with Crippen molar-refractivity contribution in [2.75, 3.05) is 31.6 Å². The predicted octanol–water partition coefficient (Wildman–Crippen LogP) is 4.28. The molecule has 1 fully saturated rings. The molecule has 1 aromatic carbocycles. The number of thiophene rings is 1. The molecule has 2 aromatic rings. The molecule has 1 unspecified atom stereocenters. The standard InChI is InChI=1S/C21H30N4OS.HI/c1-16-7-4-5-8-19(16)26-17(2)15-23-21(22-3)24-18-10-12-25(13-11-18)20-9-6-14-27-20;/h4-9,14,17-18H,10-13,15H2,1-3H3,(H2,22,23,24);1H. The van der Waals surface area contributed by atoms with E-state index in [9.17, 15) is 0 Å². The summed E-state index contributed by atoms with van der Waals surface area (Å²) >= 11 is 1.82. The minimum atomic E-state index is 0. The van der Waals surface area contributed by atoms with Crippen molar-refractivity contribution in [2.45, 2.75) is 38.8 Å². The number of guanidine groups is 1. The number of rotatable bonds is 6. The first kappa shape index (κ1) is 22.8. The number of hydrogen-bond donors (Lipinski definition) is 2. The molecule has 1 saturated heterocycles. The zero-order valence-electron chi connectivity index (χ0n) is 16.9. The molecule has 0 amide bonds. The van der Waals surface area contributed by atoms with Gasteiger partial charge in [-0.1, -0.05) is 18.2 Å². The van der Waals surface area contributed by atoms with Crippen LogP contribution in [0.2, 0.25) is 0 Å². The molecule has 0 spiro atoms. The maximum absolute atomic E-state index is 6.03. The number of aliphatic imine (C=N–C) groups is 1. The lowest BCUT2D eigenvalue weighted by Gasteiger charge is -2.33. The van der Waals surface area contributed by atoms with E-state index in [1.807, 2.05) is 36.6 Å². The molecule has 0 radical (unpaired) electrons. The van der Waals surface area contributed by atoms with Crippen LogP contribution in [0.15, 0.2) is 46.8 Å². The summed E-state index contributed by atoms with van der Waals surface area (Å²) in [5.74, 6) is 1.79. The van der Waals surface area contributed by atoms with Crippen molar-refractivity contribution in [1.82, 2.24) is 10.6 Å². The van der Waals surface area contributed by atoms with Crippen molar-refractivity contribution in [1.29, 1.82) is 0 Å². The smallest absolute Gasteiger partial charge is 0.191 e. The van der Waals surface area contributed by atoms with Crippen LogP contribution < -0.4 is 20.3 Å². The van der Waals surface area contributed by atoms with Gasteiger partial charge >= 0.3 is 0 Å². The van der Waals surface area contributed by atoms with Crippen molar-refractivity contribution in [3.63, 3.8) is 0 Å². The van der Waals surface area contributed by atoms with Gasteiger partial charge in [-0.2, -0.15) is 0 Å². The summed E-state index contributed by atoms with van der Waals surface area (Å²) in [6.45, 7) is 7.02. The van der Waals surface area contributed by atoms with Crippen LogP contribution in [0, 0.1) is 6.92 Å². The van der Waals surface area contributed by atoms with Gasteiger partial charge in [0.15, 0.2) is 5.96 Å². The third kappa shape index (κ3) is 6.55. The number of para-hydroxylation sites is 1. The average Bonchev–Trinajstić information content (AvgIpc) is 3.22. The Balaban J connectivity index is 0.00000280. The van der Waals surface area contributed by atoms with Gasteiger partial charge in [0.2, 0.25) is 0 Å². The number of nitrogens with one attached hydrogen (secondary N) is 2. The van der Waals surface area contributed by atoms with Crippen molar-refractivity contribution in [3.05, 3.63) is 47.3 Å². The normalized spacial score (nSPS) is 16.2. The van der Waals surface area contributed by atoms with Gasteiger partial charge in [-0.05, 0) is 55.8 Å². The number of benzene rings is 1. The van der Waals surface area contributed by atoms with Gasteiger partial charge in [-0.3, -0.25) is 4.99 Å². The molecule has 0 aliphatic carbocycles. The molecule has 2 N–H and O–H groups in total. The molecular formula is C21H31IN4OS. The van der Waals surface area contributed by atoms with E-state index in [4.69, 9.17) is 4.74 Å². The van der Waals surface area contributed by atoms with Crippen LogP contribution in [0.25, 0.3) is 0 Å². The van der Waals surface area contributed by atoms with Gasteiger partial charge in [-0.15, -0.1) is 35.3 Å². The Morgan fingerprint density at radius 1 is 1.25 bits per heavy atom. The highest BCUT2D eigenvalue weighted by Crippen LogP contribution is 2.24. The summed E-state index contributed by atoms with van der Waals surface area (Å²) in [5.41, 5.74) is 1.16. The van der Waals surface area contributed by atoms with E-state index in [0.29, 0.717) is 12.6 Å². The van der Waals surface area contributed by atoms with Crippen LogP contribution in [-0.2, 0) is 0 Å². The molecule has 3 rings (SSSR count). The molecule has 1 aromatic heterocycles. The van der Waals surface area contributed by atoms with E-state index < -0.39 is 0 Å². The van der Waals surface area contributed by atoms with Crippen molar-refractivity contribution >= 4 is 46.3 Å². The Kier molecular flexibility index (Phi) is 9.37. The predicted molar refractivity (Wildman–Crippen MR) is 131 cm³/mol. The van der Waals surface area contributed by atoms with Crippen molar-refractivity contribution < 1.29 is 4.74 Å². The highest BCUT2D eigenvalue weighted by Gasteiger charge is 2.20. The van der Waals surface area contributed by atoms with Gasteiger partial charge in [0.25, 0.3) is 0 Å². The Labute approximate surface area is 189 Å². The molecule has 1 aliphatic rings. The van der Waals surface area contributed by atoms with E-state index in [1.54, 1.807) is 0 Å². The van der Waals surface area contributed by atoms with Gasteiger partial charge in [0.05, 0.1) is 11.5 Å². The minimum Gasteiger partial charge on any atom is -0.489 e. The first-order valence-electron chi connectivity index (χ1n) is 9.63. The highest BCUT2D eigenvalue weighted by atomic mass is 127. The molecule has 28 heavy (non-hydrogen) atoms. The summed E-state index contributed by atoms with van der Waals surface area (Å²) < 4.78 is 6.03. The fraction of sp³-hybridized carbons (Fsp3) is 0.476. The van der Waals surface area contributed by atoms with E-state index in [0.717, 1.165) is 43.2 Å². The second kappa shape index (κ2) is 11.5. The van der Waals surface area contributed by atoms with Crippen molar-refractivity contribution in [3.8, 4) is 5.75 Å². The zero-order valence-corrected chi connectivity index (χ0v) is 20.0. The van der Waals surface area contributed by atoms with Crippen LogP contribution >= 0.6 is 35.3 Å². The van der Waals surface area contributed by atoms with Crippen LogP contribution in [-0.4, -0.2) is 44.8 Å². The topological polar surface area (TPSA) is 48.9 Å². The van der Waals surface area contributed by atoms with Crippen LogP contribution in [0.3, 0.4) is 0 Å². The Morgan fingerprint density at radius 3 is 2.64 bits per heavy atom. The Morgan fingerprint density at radius 2 is 2.00 bits per heavy atom. The first-order valence-corrected chi connectivity index (χ1v) is 10.5. The quantitative estimate of drug-likeness (QED) is 0.344. The molecule has 0 saturated carbocycles. The summed E-state index contributed by atoms with van der Waals surface area (Å²) in [7, 11) is 1.82. The van der Waals surface area contributed by atoms with Crippen molar-refractivity contribution in [2.24, 2.45) is 4.99 Å². The lowest BCUT2D eigenvalue weighted by molar-refractivity contribution is 0.222. The number of piperidine rings is 1. The van der Waals surface area contributed by atoms with Gasteiger partial charge in [0.1, 0.15) is 11.9 Å². The zero-order chi connectivity index (χ0) is 19.1. The summed E-state index contributed by atoms with van der Waals surface area (Å²) in [4.78, 5) is 6.84. The number of ether oxygens (including phenoxy) is 1. The third-order valence-electron chi connectivity index (χ3n) is 4.86. The second-order valence-electron chi connectivity index (χ2n) is 7.00. The summed E-state index contributed by atoms with van der Waals surface area (Å²) in [5, 5.41) is 10.5. The largest absolute Gasteiger partial charge is 0.489 e. The number of nitrogens with zero attached hydrogens (tertiary/aromatic N) is 2. The number of anilines is 1. The van der Waals surface area contributed by atoms with E-state index in [2.05, 4.69) is 58.0 Å². The molecule has 5 nitrogen and oxygen atoms in total. The number of aryl methyl sites for hydroxylation is 1.